The molecule has 0 spiro atoms. The van der Waals surface area contributed by atoms with Crippen molar-refractivity contribution in [3.05, 3.63) is 12.3 Å². The van der Waals surface area contributed by atoms with E-state index in [2.05, 4.69) is 6.58 Å². The van der Waals surface area contributed by atoms with Gasteiger partial charge in [-0.2, -0.15) is 0 Å². The summed E-state index contributed by atoms with van der Waals surface area (Å²) < 4.78 is 0. The Labute approximate surface area is 48.8 Å². The smallest absolute Gasteiger partial charge is 0.180 e. The van der Waals surface area contributed by atoms with Crippen LogP contribution in [0, 0.1) is 0 Å². The summed E-state index contributed by atoms with van der Waals surface area (Å²) in [6.07, 6.45) is 0.648. The summed E-state index contributed by atoms with van der Waals surface area (Å²) in [6, 6.07) is 0. The van der Waals surface area contributed by atoms with Crippen molar-refractivity contribution in [2.45, 2.75) is 6.42 Å². The van der Waals surface area contributed by atoms with E-state index < -0.39 is 0 Å². The lowest BCUT2D eigenvalue weighted by Crippen LogP contribution is -2.10. The molecular formula is C6H9NO. The molecule has 1 aliphatic heterocycles. The third-order valence-corrected chi connectivity index (χ3v) is 1.46. The van der Waals surface area contributed by atoms with E-state index in [-0.39, 0.29) is 5.78 Å². The normalized spacial score (nSPS) is 20.4. The molecule has 2 nitrogen and oxygen atoms in total. The molecule has 0 bridgehead atoms. The molecule has 0 saturated carbocycles. The zero-order valence-electron chi connectivity index (χ0n) is 4.98. The number of likely N-dealkylation sites (tertiary alicyclic amines) is 1. The number of allylic oxidation sites excluding steroid dienone is 1. The van der Waals surface area contributed by atoms with E-state index in [4.69, 9.17) is 0 Å². The Morgan fingerprint density at radius 1 is 1.75 bits per heavy atom. The van der Waals surface area contributed by atoms with Crippen LogP contribution in [0.5, 0.6) is 0 Å². The van der Waals surface area contributed by atoms with E-state index in [1.54, 1.807) is 0 Å². The van der Waals surface area contributed by atoms with Crippen LogP contribution in [-0.2, 0) is 4.79 Å². The molecule has 1 heterocycles. The average Bonchev–Trinajstić information content (AvgIpc) is 1.98. The molecule has 0 atom stereocenters. The predicted molar refractivity (Wildman–Crippen MR) is 31.4 cm³/mol. The Morgan fingerprint density at radius 2 is 2.38 bits per heavy atom. The number of rotatable bonds is 0. The molecule has 0 radical (unpaired) electrons. The van der Waals surface area contributed by atoms with Gasteiger partial charge in [-0.15, -0.1) is 0 Å². The van der Waals surface area contributed by atoms with Gasteiger partial charge in [0.15, 0.2) is 5.78 Å². The van der Waals surface area contributed by atoms with Crippen molar-refractivity contribution in [1.82, 2.24) is 4.90 Å². The predicted octanol–water partition coefficient (Wildman–Crippen LogP) is 0.405. The SMILES string of the molecule is C=C1C(=O)CCN1C. The minimum absolute atomic E-state index is 0.188. The highest BCUT2D eigenvalue weighted by Crippen LogP contribution is 2.11. The second-order valence-corrected chi connectivity index (χ2v) is 2.04. The van der Waals surface area contributed by atoms with Crippen LogP contribution in [0.3, 0.4) is 0 Å². The summed E-state index contributed by atoms with van der Waals surface area (Å²) in [5, 5.41) is 0. The first-order chi connectivity index (χ1) is 3.72. The molecule has 0 unspecified atom stereocenters. The molecule has 0 aromatic heterocycles. The van der Waals surface area contributed by atoms with Gasteiger partial charge in [-0.3, -0.25) is 4.79 Å². The summed E-state index contributed by atoms with van der Waals surface area (Å²) in [5.41, 5.74) is 0.657. The van der Waals surface area contributed by atoms with Gasteiger partial charge in [0.1, 0.15) is 0 Å². The van der Waals surface area contributed by atoms with Gasteiger partial charge in [0, 0.05) is 20.0 Å². The van der Waals surface area contributed by atoms with E-state index in [0.717, 1.165) is 6.54 Å². The molecular weight excluding hydrogens is 102 g/mol. The van der Waals surface area contributed by atoms with E-state index in [1.165, 1.54) is 0 Å². The summed E-state index contributed by atoms with van der Waals surface area (Å²) in [4.78, 5) is 12.5. The van der Waals surface area contributed by atoms with Crippen LogP contribution in [0.25, 0.3) is 0 Å². The second kappa shape index (κ2) is 1.62. The van der Waals surface area contributed by atoms with Crippen LogP contribution in [-0.4, -0.2) is 24.3 Å². The van der Waals surface area contributed by atoms with Crippen molar-refractivity contribution in [2.24, 2.45) is 0 Å². The molecule has 44 valence electrons. The third-order valence-electron chi connectivity index (χ3n) is 1.46. The zero-order valence-corrected chi connectivity index (χ0v) is 4.98. The number of hydrogen-bond donors (Lipinski definition) is 0. The van der Waals surface area contributed by atoms with E-state index in [1.807, 2.05) is 11.9 Å². The Balaban J connectivity index is 2.71. The maximum absolute atomic E-state index is 10.6. The summed E-state index contributed by atoms with van der Waals surface area (Å²) in [6.45, 7) is 4.44. The van der Waals surface area contributed by atoms with Gasteiger partial charge in [-0.05, 0) is 0 Å². The fraction of sp³-hybridized carbons (Fsp3) is 0.500. The first kappa shape index (κ1) is 5.35. The van der Waals surface area contributed by atoms with Crippen molar-refractivity contribution in [3.8, 4) is 0 Å². The molecule has 2 heteroatoms. The van der Waals surface area contributed by atoms with Gasteiger partial charge in [0.25, 0.3) is 0 Å². The second-order valence-electron chi connectivity index (χ2n) is 2.04. The van der Waals surface area contributed by atoms with Crippen molar-refractivity contribution in [3.63, 3.8) is 0 Å². The molecule has 1 fully saturated rings. The summed E-state index contributed by atoms with van der Waals surface area (Å²) in [7, 11) is 1.88. The lowest BCUT2D eigenvalue weighted by Gasteiger charge is -2.07. The van der Waals surface area contributed by atoms with Crippen LogP contribution >= 0.6 is 0 Å². The molecule has 0 N–H and O–H groups in total. The Kier molecular flexibility index (Phi) is 1.08. The zero-order chi connectivity index (χ0) is 6.15. The topological polar surface area (TPSA) is 20.3 Å². The van der Waals surface area contributed by atoms with Gasteiger partial charge in [0.2, 0.25) is 0 Å². The van der Waals surface area contributed by atoms with Crippen LogP contribution in [0.1, 0.15) is 6.42 Å². The largest absolute Gasteiger partial charge is 0.372 e. The number of hydrogen-bond acceptors (Lipinski definition) is 2. The van der Waals surface area contributed by atoms with Crippen molar-refractivity contribution < 1.29 is 4.79 Å². The van der Waals surface area contributed by atoms with E-state index >= 15 is 0 Å². The molecule has 1 rings (SSSR count). The maximum Gasteiger partial charge on any atom is 0.180 e. The van der Waals surface area contributed by atoms with E-state index in [0.29, 0.717) is 12.1 Å². The standard InChI is InChI=1S/C6H9NO/c1-5-6(8)3-4-7(5)2/h1,3-4H2,2H3. The number of nitrogens with zero attached hydrogens (tertiary/aromatic N) is 1. The highest BCUT2D eigenvalue weighted by molar-refractivity contribution is 5.96. The van der Waals surface area contributed by atoms with Crippen LogP contribution in [0.2, 0.25) is 0 Å². The fourth-order valence-corrected chi connectivity index (χ4v) is 0.761. The summed E-state index contributed by atoms with van der Waals surface area (Å²) >= 11 is 0. The van der Waals surface area contributed by atoms with Crippen molar-refractivity contribution in [2.75, 3.05) is 13.6 Å². The number of carbonyl (C=O) groups is 1. The molecule has 8 heavy (non-hydrogen) atoms. The summed E-state index contributed by atoms with van der Waals surface area (Å²) in [5.74, 6) is 0.188. The van der Waals surface area contributed by atoms with E-state index in [9.17, 15) is 4.79 Å². The quantitative estimate of drug-likeness (QED) is 0.422. The lowest BCUT2D eigenvalue weighted by atomic mass is 10.3. The van der Waals surface area contributed by atoms with Crippen molar-refractivity contribution >= 4 is 5.78 Å². The van der Waals surface area contributed by atoms with Gasteiger partial charge in [-0.25, -0.2) is 0 Å². The number of Topliss-reactive ketones (excluding diaryl/α,β-unsaturated/α-hetero) is 1. The number of likely N-dealkylation sites (N-methyl/N-ethyl adjacent to an activating group) is 1. The molecule has 0 aromatic carbocycles. The Bertz CT molecular complexity index is 139. The molecule has 1 saturated heterocycles. The average molecular weight is 111 g/mol. The first-order valence-corrected chi connectivity index (χ1v) is 2.65. The van der Waals surface area contributed by atoms with Crippen LogP contribution in [0.15, 0.2) is 12.3 Å². The minimum Gasteiger partial charge on any atom is -0.372 e. The van der Waals surface area contributed by atoms with Gasteiger partial charge in [0.05, 0.1) is 5.70 Å². The molecule has 0 amide bonds. The number of carbonyl (C=O) groups excluding carboxylic acids is 1. The highest BCUT2D eigenvalue weighted by atomic mass is 16.1. The van der Waals surface area contributed by atoms with Crippen LogP contribution < -0.4 is 0 Å². The first-order valence-electron chi connectivity index (χ1n) is 2.65. The van der Waals surface area contributed by atoms with Gasteiger partial charge < -0.3 is 4.90 Å². The Hall–Kier alpha value is -0.790. The lowest BCUT2D eigenvalue weighted by molar-refractivity contribution is -0.114. The molecule has 0 aromatic rings. The number of ketones is 1. The Morgan fingerprint density at radius 3 is 2.50 bits per heavy atom. The molecule has 1 aliphatic rings. The monoisotopic (exact) mass is 111 g/mol. The van der Waals surface area contributed by atoms with Gasteiger partial charge in [-0.1, -0.05) is 6.58 Å². The molecule has 0 aliphatic carbocycles. The van der Waals surface area contributed by atoms with Crippen LogP contribution in [0.4, 0.5) is 0 Å². The van der Waals surface area contributed by atoms with Crippen molar-refractivity contribution in [1.29, 1.82) is 0 Å². The third kappa shape index (κ3) is 0.619. The maximum atomic E-state index is 10.6. The fourth-order valence-electron chi connectivity index (χ4n) is 0.761. The van der Waals surface area contributed by atoms with Gasteiger partial charge >= 0.3 is 0 Å². The minimum atomic E-state index is 0.188. The highest BCUT2D eigenvalue weighted by Gasteiger charge is 2.18.